The summed E-state index contributed by atoms with van der Waals surface area (Å²) in [7, 11) is -3.46. The predicted molar refractivity (Wildman–Crippen MR) is 69.2 cm³/mol. The normalized spacial score (nSPS) is 11.5. The second-order valence-corrected chi connectivity index (χ2v) is 5.82. The number of nitrogens with zero attached hydrogens (tertiary/aromatic N) is 1. The Hall–Kier alpha value is -1.31. The highest BCUT2D eigenvalue weighted by Crippen LogP contribution is 2.18. The molecule has 0 saturated carbocycles. The number of terminal acetylenes is 1. The SMILES string of the molecule is C#CCN(CC)S(=O)(=O)c1ccc(C)c(C)c1. The number of hydrogen-bond acceptors (Lipinski definition) is 2. The van der Waals surface area contributed by atoms with Crippen molar-refractivity contribution < 1.29 is 8.42 Å². The average Bonchev–Trinajstić information content (AvgIpc) is 2.29. The molecule has 0 aromatic heterocycles. The molecule has 3 nitrogen and oxygen atoms in total. The van der Waals surface area contributed by atoms with Crippen molar-refractivity contribution in [1.29, 1.82) is 0 Å². The zero-order valence-corrected chi connectivity index (χ0v) is 11.2. The quantitative estimate of drug-likeness (QED) is 0.767. The van der Waals surface area contributed by atoms with E-state index in [4.69, 9.17) is 6.42 Å². The molecule has 0 aliphatic carbocycles. The summed E-state index contributed by atoms with van der Waals surface area (Å²) in [4.78, 5) is 0.303. The standard InChI is InChI=1S/C13H17NO2S/c1-5-9-14(6-2)17(15,16)13-8-7-11(3)12(4)10-13/h1,7-8,10H,6,9H2,2-4H3. The van der Waals surface area contributed by atoms with E-state index < -0.39 is 10.0 Å². The Balaban J connectivity index is 3.21. The van der Waals surface area contributed by atoms with Crippen LogP contribution in [0.4, 0.5) is 0 Å². The van der Waals surface area contributed by atoms with Gasteiger partial charge in [-0.2, -0.15) is 4.31 Å². The number of hydrogen-bond donors (Lipinski definition) is 0. The molecule has 0 aliphatic heterocycles. The fourth-order valence-electron chi connectivity index (χ4n) is 1.49. The maximum atomic E-state index is 12.2. The summed E-state index contributed by atoms with van der Waals surface area (Å²) in [5.74, 6) is 2.37. The van der Waals surface area contributed by atoms with Crippen LogP contribution in [0.5, 0.6) is 0 Å². The van der Waals surface area contributed by atoms with Crippen LogP contribution in [0.15, 0.2) is 23.1 Å². The fraction of sp³-hybridized carbons (Fsp3) is 0.385. The molecule has 0 radical (unpaired) electrons. The molecule has 0 aliphatic rings. The van der Waals surface area contributed by atoms with Gasteiger partial charge in [0.1, 0.15) is 0 Å². The molecule has 0 heterocycles. The van der Waals surface area contributed by atoms with Crippen LogP contribution in [-0.2, 0) is 10.0 Å². The van der Waals surface area contributed by atoms with Gasteiger partial charge in [-0.25, -0.2) is 8.42 Å². The van der Waals surface area contributed by atoms with Gasteiger partial charge >= 0.3 is 0 Å². The Morgan fingerprint density at radius 1 is 1.29 bits per heavy atom. The zero-order chi connectivity index (χ0) is 13.1. The van der Waals surface area contributed by atoms with Crippen LogP contribution in [0.1, 0.15) is 18.1 Å². The van der Waals surface area contributed by atoms with Gasteiger partial charge in [0, 0.05) is 6.54 Å². The van der Waals surface area contributed by atoms with E-state index in [1.807, 2.05) is 19.9 Å². The van der Waals surface area contributed by atoms with Gasteiger partial charge in [-0.05, 0) is 37.1 Å². The number of aryl methyl sites for hydroxylation is 2. The highest BCUT2D eigenvalue weighted by molar-refractivity contribution is 7.89. The molecule has 4 heteroatoms. The Kier molecular flexibility index (Phi) is 4.33. The topological polar surface area (TPSA) is 37.4 Å². The molecule has 1 aromatic rings. The summed E-state index contributed by atoms with van der Waals surface area (Å²) in [5.41, 5.74) is 2.03. The lowest BCUT2D eigenvalue weighted by molar-refractivity contribution is 0.464. The molecule has 1 rings (SSSR count). The Morgan fingerprint density at radius 3 is 2.41 bits per heavy atom. The molecule has 0 amide bonds. The van der Waals surface area contributed by atoms with Crippen molar-refractivity contribution in [3.05, 3.63) is 29.3 Å². The molecule has 0 spiro atoms. The first kappa shape index (κ1) is 13.8. The van der Waals surface area contributed by atoms with Gasteiger partial charge in [0.25, 0.3) is 0 Å². The molecule has 17 heavy (non-hydrogen) atoms. The molecule has 0 fully saturated rings. The van der Waals surface area contributed by atoms with Crippen molar-refractivity contribution in [1.82, 2.24) is 4.31 Å². The Morgan fingerprint density at radius 2 is 1.94 bits per heavy atom. The van der Waals surface area contributed by atoms with E-state index in [1.54, 1.807) is 19.1 Å². The van der Waals surface area contributed by atoms with Crippen molar-refractivity contribution in [2.75, 3.05) is 13.1 Å². The highest BCUT2D eigenvalue weighted by atomic mass is 32.2. The van der Waals surface area contributed by atoms with E-state index in [-0.39, 0.29) is 6.54 Å². The van der Waals surface area contributed by atoms with Crippen LogP contribution < -0.4 is 0 Å². The fourth-order valence-corrected chi connectivity index (χ4v) is 2.94. The molecular formula is C13H17NO2S. The first-order valence-electron chi connectivity index (χ1n) is 5.44. The monoisotopic (exact) mass is 251 g/mol. The van der Waals surface area contributed by atoms with E-state index >= 15 is 0 Å². The zero-order valence-electron chi connectivity index (χ0n) is 10.4. The molecular weight excluding hydrogens is 234 g/mol. The van der Waals surface area contributed by atoms with Crippen molar-refractivity contribution in [2.24, 2.45) is 0 Å². The van der Waals surface area contributed by atoms with Gasteiger partial charge in [-0.3, -0.25) is 0 Å². The Bertz CT molecular complexity index is 541. The van der Waals surface area contributed by atoms with Crippen LogP contribution in [-0.4, -0.2) is 25.8 Å². The second kappa shape index (κ2) is 5.35. The van der Waals surface area contributed by atoms with E-state index in [2.05, 4.69) is 5.92 Å². The van der Waals surface area contributed by atoms with Gasteiger partial charge in [0.05, 0.1) is 11.4 Å². The summed E-state index contributed by atoms with van der Waals surface area (Å²) >= 11 is 0. The number of benzene rings is 1. The van der Waals surface area contributed by atoms with E-state index in [1.165, 1.54) is 4.31 Å². The van der Waals surface area contributed by atoms with Crippen molar-refractivity contribution >= 4 is 10.0 Å². The Labute approximate surface area is 104 Å². The maximum Gasteiger partial charge on any atom is 0.243 e. The van der Waals surface area contributed by atoms with E-state index in [0.29, 0.717) is 11.4 Å². The number of sulfonamides is 1. The molecule has 0 saturated heterocycles. The lowest BCUT2D eigenvalue weighted by Gasteiger charge is -2.18. The summed E-state index contributed by atoms with van der Waals surface area (Å²) in [6.07, 6.45) is 5.18. The minimum absolute atomic E-state index is 0.103. The van der Waals surface area contributed by atoms with Gasteiger partial charge < -0.3 is 0 Å². The molecule has 0 N–H and O–H groups in total. The first-order chi connectivity index (χ1) is 7.93. The van der Waals surface area contributed by atoms with E-state index in [9.17, 15) is 8.42 Å². The summed E-state index contributed by atoms with van der Waals surface area (Å²) in [6, 6.07) is 5.12. The minimum Gasteiger partial charge on any atom is -0.207 e. The third-order valence-corrected chi connectivity index (χ3v) is 4.65. The molecule has 0 unspecified atom stereocenters. The van der Waals surface area contributed by atoms with Crippen molar-refractivity contribution in [3.8, 4) is 12.3 Å². The van der Waals surface area contributed by atoms with Gasteiger partial charge in [0.15, 0.2) is 0 Å². The van der Waals surface area contributed by atoms with Gasteiger partial charge in [0.2, 0.25) is 10.0 Å². The lowest BCUT2D eigenvalue weighted by Crippen LogP contribution is -2.31. The van der Waals surface area contributed by atoms with Crippen LogP contribution in [0, 0.1) is 26.2 Å². The smallest absolute Gasteiger partial charge is 0.207 e. The third-order valence-electron chi connectivity index (χ3n) is 2.74. The predicted octanol–water partition coefficient (Wildman–Crippen LogP) is 1.95. The van der Waals surface area contributed by atoms with Crippen LogP contribution in [0.25, 0.3) is 0 Å². The van der Waals surface area contributed by atoms with Crippen molar-refractivity contribution in [2.45, 2.75) is 25.7 Å². The molecule has 92 valence electrons. The molecule has 0 bridgehead atoms. The van der Waals surface area contributed by atoms with Gasteiger partial charge in [-0.1, -0.05) is 18.9 Å². The molecule has 1 aromatic carbocycles. The minimum atomic E-state index is -3.46. The first-order valence-corrected chi connectivity index (χ1v) is 6.88. The largest absolute Gasteiger partial charge is 0.243 e. The maximum absolute atomic E-state index is 12.2. The van der Waals surface area contributed by atoms with Crippen LogP contribution >= 0.6 is 0 Å². The summed E-state index contributed by atoms with van der Waals surface area (Å²) in [5, 5.41) is 0. The second-order valence-electron chi connectivity index (χ2n) is 3.88. The summed E-state index contributed by atoms with van der Waals surface area (Å²) in [6.45, 7) is 6.09. The van der Waals surface area contributed by atoms with Crippen molar-refractivity contribution in [3.63, 3.8) is 0 Å². The van der Waals surface area contributed by atoms with Gasteiger partial charge in [-0.15, -0.1) is 6.42 Å². The third kappa shape index (κ3) is 2.87. The van der Waals surface area contributed by atoms with E-state index in [0.717, 1.165) is 11.1 Å². The summed E-state index contributed by atoms with van der Waals surface area (Å²) < 4.78 is 25.8. The highest BCUT2D eigenvalue weighted by Gasteiger charge is 2.22. The number of rotatable bonds is 4. The average molecular weight is 251 g/mol. The lowest BCUT2D eigenvalue weighted by atomic mass is 10.1. The van der Waals surface area contributed by atoms with Crippen LogP contribution in [0.3, 0.4) is 0 Å². The van der Waals surface area contributed by atoms with Crippen LogP contribution in [0.2, 0.25) is 0 Å². The molecule has 0 atom stereocenters.